The van der Waals surface area contributed by atoms with E-state index < -0.39 is 0 Å². The molecule has 0 heterocycles. The first kappa shape index (κ1) is 16.2. The molecule has 0 aromatic heterocycles. The van der Waals surface area contributed by atoms with Crippen molar-refractivity contribution in [3.8, 4) is 5.75 Å². The number of likely N-dealkylation sites (N-methyl/N-ethyl adjacent to an activating group) is 1. The molecule has 1 N–H and O–H groups in total. The van der Waals surface area contributed by atoms with Crippen molar-refractivity contribution in [2.45, 2.75) is 6.92 Å². The lowest BCUT2D eigenvalue weighted by Crippen LogP contribution is -2.34. The summed E-state index contributed by atoms with van der Waals surface area (Å²) in [4.78, 5) is 13.6. The number of carbonyl (C=O) groups excluding carboxylic acids is 1. The number of urea groups is 1. The molecule has 0 saturated carbocycles. The maximum absolute atomic E-state index is 12.0. The van der Waals surface area contributed by atoms with Crippen LogP contribution in [0.2, 0.25) is 5.02 Å². The predicted octanol–water partition coefficient (Wildman–Crippen LogP) is 4.19. The minimum absolute atomic E-state index is 0.163. The average Bonchev–Trinajstić information content (AvgIpc) is 2.51. The number of anilines is 1. The van der Waals surface area contributed by atoms with E-state index in [0.717, 1.165) is 17.0 Å². The van der Waals surface area contributed by atoms with Gasteiger partial charge in [0.2, 0.25) is 0 Å². The minimum atomic E-state index is -0.163. The van der Waals surface area contributed by atoms with Gasteiger partial charge in [-0.2, -0.15) is 0 Å². The van der Waals surface area contributed by atoms with Gasteiger partial charge in [-0.05, 0) is 43.3 Å². The van der Waals surface area contributed by atoms with Crippen LogP contribution < -0.4 is 10.1 Å². The first-order valence-corrected chi connectivity index (χ1v) is 7.39. The molecule has 2 rings (SSSR count). The van der Waals surface area contributed by atoms with Gasteiger partial charge in [0.1, 0.15) is 12.4 Å². The lowest BCUT2D eigenvalue weighted by molar-refractivity contribution is 0.207. The molecule has 4 nitrogen and oxygen atoms in total. The lowest BCUT2D eigenvalue weighted by Gasteiger charge is -2.18. The third kappa shape index (κ3) is 4.97. The number of halogens is 1. The number of hydrogen-bond acceptors (Lipinski definition) is 2. The molecule has 0 saturated heterocycles. The van der Waals surface area contributed by atoms with Crippen molar-refractivity contribution in [1.29, 1.82) is 0 Å². The summed E-state index contributed by atoms with van der Waals surface area (Å²) in [5.74, 6) is 0.733. The zero-order valence-corrected chi connectivity index (χ0v) is 13.4. The van der Waals surface area contributed by atoms with Crippen molar-refractivity contribution in [2.75, 3.05) is 25.5 Å². The van der Waals surface area contributed by atoms with Crippen molar-refractivity contribution >= 4 is 23.3 Å². The van der Waals surface area contributed by atoms with E-state index in [0.29, 0.717) is 18.2 Å². The molecule has 0 radical (unpaired) electrons. The number of nitrogens with zero attached hydrogens (tertiary/aromatic N) is 1. The molecule has 0 bridgehead atoms. The van der Waals surface area contributed by atoms with Crippen LogP contribution in [0.4, 0.5) is 10.5 Å². The van der Waals surface area contributed by atoms with E-state index in [1.54, 1.807) is 36.2 Å². The zero-order chi connectivity index (χ0) is 15.9. The molecule has 5 heteroatoms. The van der Waals surface area contributed by atoms with Crippen molar-refractivity contribution in [3.63, 3.8) is 0 Å². The van der Waals surface area contributed by atoms with Gasteiger partial charge >= 0.3 is 6.03 Å². The third-order valence-electron chi connectivity index (χ3n) is 3.16. The highest BCUT2D eigenvalue weighted by Gasteiger charge is 2.08. The maximum Gasteiger partial charge on any atom is 0.321 e. The Morgan fingerprint density at radius 1 is 1.14 bits per heavy atom. The normalized spacial score (nSPS) is 10.1. The number of rotatable bonds is 5. The molecule has 116 valence electrons. The third-order valence-corrected chi connectivity index (χ3v) is 3.41. The molecule has 0 aliphatic carbocycles. The summed E-state index contributed by atoms with van der Waals surface area (Å²) in [6, 6.07) is 14.7. The quantitative estimate of drug-likeness (QED) is 0.898. The van der Waals surface area contributed by atoms with Crippen LogP contribution in [0.15, 0.2) is 48.5 Å². The minimum Gasteiger partial charge on any atom is -0.492 e. The van der Waals surface area contributed by atoms with Crippen LogP contribution in [0, 0.1) is 6.92 Å². The molecular weight excluding hydrogens is 300 g/mol. The van der Waals surface area contributed by atoms with Crippen molar-refractivity contribution in [2.24, 2.45) is 0 Å². The second kappa shape index (κ2) is 7.71. The second-order valence-electron chi connectivity index (χ2n) is 5.02. The van der Waals surface area contributed by atoms with E-state index in [1.165, 1.54) is 0 Å². The molecule has 2 aromatic carbocycles. The molecule has 2 aromatic rings. The highest BCUT2D eigenvalue weighted by molar-refractivity contribution is 6.30. The number of aryl methyl sites for hydroxylation is 1. The summed E-state index contributed by atoms with van der Waals surface area (Å²) < 4.78 is 5.57. The second-order valence-corrected chi connectivity index (χ2v) is 5.46. The van der Waals surface area contributed by atoms with Crippen LogP contribution in [0.5, 0.6) is 5.75 Å². The molecule has 0 spiro atoms. The molecule has 0 aliphatic heterocycles. The molecule has 2 amide bonds. The Labute approximate surface area is 135 Å². The summed E-state index contributed by atoms with van der Waals surface area (Å²) >= 11 is 5.81. The number of carbonyl (C=O) groups is 1. The lowest BCUT2D eigenvalue weighted by atomic mass is 10.2. The number of nitrogens with one attached hydrogen (secondary N) is 1. The van der Waals surface area contributed by atoms with Crippen molar-refractivity contribution in [3.05, 3.63) is 59.1 Å². The van der Waals surface area contributed by atoms with Crippen LogP contribution in [-0.4, -0.2) is 31.1 Å². The van der Waals surface area contributed by atoms with Gasteiger partial charge in [0.05, 0.1) is 6.54 Å². The Morgan fingerprint density at radius 2 is 1.77 bits per heavy atom. The molecule has 0 aliphatic rings. The smallest absolute Gasteiger partial charge is 0.321 e. The van der Waals surface area contributed by atoms with E-state index in [9.17, 15) is 4.79 Å². The number of ether oxygens (including phenoxy) is 1. The van der Waals surface area contributed by atoms with Gasteiger partial charge < -0.3 is 15.0 Å². The fourth-order valence-corrected chi connectivity index (χ4v) is 1.91. The molecule has 22 heavy (non-hydrogen) atoms. The summed E-state index contributed by atoms with van der Waals surface area (Å²) in [5, 5.41) is 3.51. The van der Waals surface area contributed by atoms with E-state index in [4.69, 9.17) is 16.3 Å². The molecule has 0 atom stereocenters. The molecular formula is C17H19ClN2O2. The van der Waals surface area contributed by atoms with Crippen molar-refractivity contribution < 1.29 is 9.53 Å². The van der Waals surface area contributed by atoms with Gasteiger partial charge in [0, 0.05) is 17.8 Å². The molecule has 0 unspecified atom stereocenters. The highest BCUT2D eigenvalue weighted by Crippen LogP contribution is 2.15. The first-order chi connectivity index (χ1) is 10.5. The van der Waals surface area contributed by atoms with Crippen LogP contribution in [0.1, 0.15) is 5.56 Å². The summed E-state index contributed by atoms with van der Waals surface area (Å²) in [6.07, 6.45) is 0. The number of benzene rings is 2. The van der Waals surface area contributed by atoms with E-state index in [2.05, 4.69) is 5.32 Å². The van der Waals surface area contributed by atoms with Gasteiger partial charge in [0.15, 0.2) is 0 Å². The van der Waals surface area contributed by atoms with Gasteiger partial charge in [-0.25, -0.2) is 4.79 Å². The number of amides is 2. The Hall–Kier alpha value is -2.20. The van der Waals surface area contributed by atoms with Crippen molar-refractivity contribution in [1.82, 2.24) is 4.90 Å². The number of hydrogen-bond donors (Lipinski definition) is 1. The van der Waals surface area contributed by atoms with Gasteiger partial charge in [0.25, 0.3) is 0 Å². The largest absolute Gasteiger partial charge is 0.492 e. The predicted molar refractivity (Wildman–Crippen MR) is 89.8 cm³/mol. The van der Waals surface area contributed by atoms with Crippen LogP contribution in [0.25, 0.3) is 0 Å². The maximum atomic E-state index is 12.0. The Morgan fingerprint density at radius 3 is 2.41 bits per heavy atom. The van der Waals surface area contributed by atoms with E-state index in [-0.39, 0.29) is 6.03 Å². The fourth-order valence-electron chi connectivity index (χ4n) is 1.79. The SMILES string of the molecule is Cc1ccc(NC(=O)N(C)CCOc2ccc(Cl)cc2)cc1. The first-order valence-electron chi connectivity index (χ1n) is 7.02. The Bertz CT molecular complexity index is 612. The Kier molecular flexibility index (Phi) is 5.67. The molecule has 0 fully saturated rings. The Balaban J connectivity index is 1.76. The highest BCUT2D eigenvalue weighted by atomic mass is 35.5. The van der Waals surface area contributed by atoms with Crippen LogP contribution >= 0.6 is 11.6 Å². The van der Waals surface area contributed by atoms with Gasteiger partial charge in [-0.3, -0.25) is 0 Å². The van der Waals surface area contributed by atoms with Gasteiger partial charge in [-0.1, -0.05) is 29.3 Å². The van der Waals surface area contributed by atoms with E-state index >= 15 is 0 Å². The van der Waals surface area contributed by atoms with E-state index in [1.807, 2.05) is 31.2 Å². The summed E-state index contributed by atoms with van der Waals surface area (Å²) in [7, 11) is 1.73. The van der Waals surface area contributed by atoms with Crippen LogP contribution in [-0.2, 0) is 0 Å². The average molecular weight is 319 g/mol. The zero-order valence-electron chi connectivity index (χ0n) is 12.7. The monoisotopic (exact) mass is 318 g/mol. The van der Waals surface area contributed by atoms with Crippen LogP contribution in [0.3, 0.4) is 0 Å². The fraction of sp³-hybridized carbons (Fsp3) is 0.235. The topological polar surface area (TPSA) is 41.6 Å². The van der Waals surface area contributed by atoms with Gasteiger partial charge in [-0.15, -0.1) is 0 Å². The standard InChI is InChI=1S/C17H19ClN2O2/c1-13-3-7-15(8-4-13)19-17(21)20(2)11-12-22-16-9-5-14(18)6-10-16/h3-10H,11-12H2,1-2H3,(H,19,21). The summed E-state index contributed by atoms with van der Waals surface area (Å²) in [5.41, 5.74) is 1.93. The summed E-state index contributed by atoms with van der Waals surface area (Å²) in [6.45, 7) is 2.91.